The minimum absolute atomic E-state index is 0.209. The van der Waals surface area contributed by atoms with Gasteiger partial charge in [0, 0.05) is 5.56 Å². The fraction of sp³-hybridized carbons (Fsp3) is 0.222. The van der Waals surface area contributed by atoms with E-state index in [9.17, 15) is 9.18 Å². The topological polar surface area (TPSA) is 37.3 Å². The van der Waals surface area contributed by atoms with E-state index in [4.69, 9.17) is 5.11 Å². The van der Waals surface area contributed by atoms with Crippen LogP contribution in [0.2, 0.25) is 0 Å². The minimum Gasteiger partial charge on any atom is -0.505 e. The van der Waals surface area contributed by atoms with Gasteiger partial charge in [0.15, 0.2) is 17.3 Å². The summed E-state index contributed by atoms with van der Waals surface area (Å²) in [6, 6.07) is 3.58. The molecule has 70 valence electrons. The van der Waals surface area contributed by atoms with Crippen LogP contribution in [0.4, 0.5) is 4.39 Å². The van der Waals surface area contributed by atoms with Gasteiger partial charge in [-0.15, -0.1) is 0 Å². The normalized spacial score (nSPS) is 12.5. The molecule has 1 rings (SSSR count). The summed E-state index contributed by atoms with van der Waals surface area (Å²) in [4.78, 5) is 11.0. The van der Waals surface area contributed by atoms with Crippen molar-refractivity contribution in [3.05, 3.63) is 29.6 Å². The number of hydrogen-bond donors (Lipinski definition) is 1. The van der Waals surface area contributed by atoms with Crippen LogP contribution >= 0.6 is 15.9 Å². The van der Waals surface area contributed by atoms with Gasteiger partial charge < -0.3 is 5.11 Å². The lowest BCUT2D eigenvalue weighted by atomic mass is 10.1. The van der Waals surface area contributed by atoms with Gasteiger partial charge in [-0.1, -0.05) is 15.9 Å². The quantitative estimate of drug-likeness (QED) is 0.643. The first-order valence-electron chi connectivity index (χ1n) is 3.69. The Balaban J connectivity index is 3.04. The van der Waals surface area contributed by atoms with E-state index in [0.717, 1.165) is 12.1 Å². The summed E-state index contributed by atoms with van der Waals surface area (Å²) in [6.07, 6.45) is 0. The van der Waals surface area contributed by atoms with Gasteiger partial charge in [0.2, 0.25) is 0 Å². The molecule has 4 heteroatoms. The lowest BCUT2D eigenvalue weighted by Gasteiger charge is -2.03. The largest absolute Gasteiger partial charge is 0.505 e. The zero-order valence-corrected chi connectivity index (χ0v) is 8.51. The average Bonchev–Trinajstić information content (AvgIpc) is 2.08. The highest BCUT2D eigenvalue weighted by Crippen LogP contribution is 2.18. The standard InChI is InChI=1S/C9H8BrFO2/c1-5(10)9(13)6-2-3-8(12)7(11)4-6/h2-5,12H,1H3. The summed E-state index contributed by atoms with van der Waals surface area (Å²) < 4.78 is 12.8. The Kier molecular flexibility index (Phi) is 3.03. The molecule has 0 aliphatic rings. The van der Waals surface area contributed by atoms with Gasteiger partial charge >= 0.3 is 0 Å². The molecule has 0 fully saturated rings. The summed E-state index contributed by atoms with van der Waals surface area (Å²) in [5.74, 6) is -1.43. The molecule has 1 aromatic rings. The fourth-order valence-electron chi connectivity index (χ4n) is 0.890. The van der Waals surface area contributed by atoms with Crippen LogP contribution < -0.4 is 0 Å². The second-order valence-electron chi connectivity index (χ2n) is 2.65. The highest BCUT2D eigenvalue weighted by molar-refractivity contribution is 9.10. The number of aromatic hydroxyl groups is 1. The van der Waals surface area contributed by atoms with Crippen LogP contribution in [-0.2, 0) is 0 Å². The number of alkyl halides is 1. The Morgan fingerprint density at radius 3 is 2.69 bits per heavy atom. The van der Waals surface area contributed by atoms with Crippen LogP contribution in [0.1, 0.15) is 17.3 Å². The summed E-state index contributed by atoms with van der Waals surface area (Å²) in [5.41, 5.74) is 0.250. The highest BCUT2D eigenvalue weighted by atomic mass is 79.9. The maximum absolute atomic E-state index is 12.8. The van der Waals surface area contributed by atoms with Crippen molar-refractivity contribution >= 4 is 21.7 Å². The number of hydrogen-bond acceptors (Lipinski definition) is 2. The smallest absolute Gasteiger partial charge is 0.176 e. The van der Waals surface area contributed by atoms with Crippen molar-refractivity contribution in [3.8, 4) is 5.75 Å². The number of phenols is 1. The second kappa shape index (κ2) is 3.87. The first-order valence-corrected chi connectivity index (χ1v) is 4.60. The van der Waals surface area contributed by atoms with Crippen molar-refractivity contribution < 1.29 is 14.3 Å². The van der Waals surface area contributed by atoms with Crippen molar-refractivity contribution in [2.24, 2.45) is 0 Å². The van der Waals surface area contributed by atoms with Crippen LogP contribution in [0.15, 0.2) is 18.2 Å². The van der Waals surface area contributed by atoms with Crippen LogP contribution in [0, 0.1) is 5.82 Å². The van der Waals surface area contributed by atoms with Crippen LogP contribution in [0.5, 0.6) is 5.75 Å². The van der Waals surface area contributed by atoms with E-state index in [1.165, 1.54) is 6.07 Å². The number of phenolic OH excluding ortho intramolecular Hbond substituents is 1. The predicted molar refractivity (Wildman–Crippen MR) is 50.8 cm³/mol. The molecule has 0 saturated heterocycles. The van der Waals surface area contributed by atoms with Crippen molar-refractivity contribution in [1.82, 2.24) is 0 Å². The van der Waals surface area contributed by atoms with Crippen molar-refractivity contribution in [2.75, 3.05) is 0 Å². The van der Waals surface area contributed by atoms with Gasteiger partial charge in [-0.25, -0.2) is 4.39 Å². The number of carbonyl (C=O) groups excluding carboxylic acids is 1. The molecule has 1 N–H and O–H groups in total. The Morgan fingerprint density at radius 2 is 2.23 bits per heavy atom. The molecule has 0 heterocycles. The summed E-state index contributed by atoms with van der Waals surface area (Å²) in [7, 11) is 0. The number of rotatable bonds is 2. The summed E-state index contributed by atoms with van der Waals surface area (Å²) >= 11 is 3.09. The molecule has 0 bridgehead atoms. The molecule has 0 saturated carbocycles. The fourth-order valence-corrected chi connectivity index (χ4v) is 1.15. The molecule has 13 heavy (non-hydrogen) atoms. The van der Waals surface area contributed by atoms with Crippen LogP contribution in [-0.4, -0.2) is 15.7 Å². The summed E-state index contributed by atoms with van der Waals surface area (Å²) in [6.45, 7) is 1.66. The van der Waals surface area contributed by atoms with Gasteiger partial charge in [0.1, 0.15) is 0 Å². The SMILES string of the molecule is CC(Br)C(=O)c1ccc(O)c(F)c1. The van der Waals surface area contributed by atoms with E-state index < -0.39 is 11.6 Å². The Morgan fingerprint density at radius 1 is 1.62 bits per heavy atom. The molecule has 0 aliphatic carbocycles. The van der Waals surface area contributed by atoms with E-state index in [1.54, 1.807) is 6.92 Å². The van der Waals surface area contributed by atoms with Gasteiger partial charge in [0.05, 0.1) is 4.83 Å². The number of Topliss-reactive ketones (excluding diaryl/α,β-unsaturated/α-hetero) is 1. The van der Waals surface area contributed by atoms with E-state index in [1.807, 2.05) is 0 Å². The molecule has 0 spiro atoms. The summed E-state index contributed by atoms with van der Waals surface area (Å²) in [5, 5.41) is 8.87. The van der Waals surface area contributed by atoms with Crippen LogP contribution in [0.3, 0.4) is 0 Å². The van der Waals surface area contributed by atoms with Crippen molar-refractivity contribution in [3.63, 3.8) is 0 Å². The molecule has 0 amide bonds. The van der Waals surface area contributed by atoms with Gasteiger partial charge in [-0.3, -0.25) is 4.79 Å². The monoisotopic (exact) mass is 246 g/mol. The Labute approximate surface area is 83.5 Å². The Bertz CT molecular complexity index is 336. The number of ketones is 1. The zero-order chi connectivity index (χ0) is 10.0. The lowest BCUT2D eigenvalue weighted by Crippen LogP contribution is -2.09. The van der Waals surface area contributed by atoms with E-state index in [-0.39, 0.29) is 16.2 Å². The molecule has 0 aromatic heterocycles. The zero-order valence-electron chi connectivity index (χ0n) is 6.92. The molecule has 0 aliphatic heterocycles. The first-order chi connectivity index (χ1) is 6.02. The third-order valence-electron chi connectivity index (χ3n) is 1.59. The van der Waals surface area contributed by atoms with Crippen molar-refractivity contribution in [2.45, 2.75) is 11.8 Å². The second-order valence-corrected chi connectivity index (χ2v) is 4.02. The third-order valence-corrected chi connectivity index (χ3v) is 2.01. The van der Waals surface area contributed by atoms with Gasteiger partial charge in [-0.2, -0.15) is 0 Å². The predicted octanol–water partition coefficient (Wildman–Crippen LogP) is 2.50. The number of carbonyl (C=O) groups is 1. The number of halogens is 2. The highest BCUT2D eigenvalue weighted by Gasteiger charge is 2.13. The molecule has 1 aromatic carbocycles. The average molecular weight is 247 g/mol. The minimum atomic E-state index is -0.779. The molecule has 2 nitrogen and oxygen atoms in total. The first kappa shape index (κ1) is 10.2. The van der Waals surface area contributed by atoms with E-state index >= 15 is 0 Å². The maximum atomic E-state index is 12.8. The van der Waals surface area contributed by atoms with Crippen LogP contribution in [0.25, 0.3) is 0 Å². The number of benzene rings is 1. The molecular formula is C9H8BrFO2. The molecule has 0 radical (unpaired) electrons. The lowest BCUT2D eigenvalue weighted by molar-refractivity contribution is 0.0995. The Hall–Kier alpha value is -0.900. The molecule has 1 unspecified atom stereocenters. The van der Waals surface area contributed by atoms with Crippen molar-refractivity contribution in [1.29, 1.82) is 0 Å². The maximum Gasteiger partial charge on any atom is 0.176 e. The van der Waals surface area contributed by atoms with Gasteiger partial charge in [0.25, 0.3) is 0 Å². The molecular weight excluding hydrogens is 239 g/mol. The molecule has 1 atom stereocenters. The van der Waals surface area contributed by atoms with Gasteiger partial charge in [-0.05, 0) is 25.1 Å². The van der Waals surface area contributed by atoms with E-state index in [2.05, 4.69) is 15.9 Å². The third kappa shape index (κ3) is 2.28. The van der Waals surface area contributed by atoms with E-state index in [0.29, 0.717) is 0 Å².